The van der Waals surface area contributed by atoms with E-state index in [4.69, 9.17) is 5.11 Å². The first-order valence-corrected chi connectivity index (χ1v) is 5.81. The smallest absolute Gasteiger partial charge is 0.323 e. The predicted octanol–water partition coefficient (Wildman–Crippen LogP) is 1.04. The van der Waals surface area contributed by atoms with Crippen molar-refractivity contribution in [1.82, 2.24) is 14.3 Å². The molecular weight excluding hydrogens is 248 g/mol. The number of carbonyl (C=O) groups is 2. The van der Waals surface area contributed by atoms with E-state index < -0.39 is 5.97 Å². The van der Waals surface area contributed by atoms with Crippen molar-refractivity contribution in [3.05, 3.63) is 36.4 Å². The molecule has 19 heavy (non-hydrogen) atoms. The zero-order valence-electron chi connectivity index (χ0n) is 10.4. The topological polar surface area (TPSA) is 89.2 Å². The van der Waals surface area contributed by atoms with Gasteiger partial charge in [-0.25, -0.2) is 0 Å². The summed E-state index contributed by atoms with van der Waals surface area (Å²) in [4.78, 5) is 22.7. The second kappa shape index (κ2) is 5.38. The molecule has 7 nitrogen and oxygen atoms in total. The molecule has 0 saturated heterocycles. The van der Waals surface area contributed by atoms with Crippen LogP contribution in [0.1, 0.15) is 17.4 Å². The van der Waals surface area contributed by atoms with Gasteiger partial charge in [0.1, 0.15) is 12.2 Å². The molecule has 0 radical (unpaired) electrons. The van der Waals surface area contributed by atoms with Gasteiger partial charge in [0.25, 0.3) is 5.91 Å². The van der Waals surface area contributed by atoms with Crippen molar-refractivity contribution >= 4 is 17.6 Å². The molecule has 0 aliphatic heterocycles. The number of nitrogens with one attached hydrogen (secondary N) is 1. The van der Waals surface area contributed by atoms with E-state index in [-0.39, 0.29) is 12.5 Å². The lowest BCUT2D eigenvalue weighted by molar-refractivity contribution is -0.137. The van der Waals surface area contributed by atoms with E-state index in [1.165, 1.54) is 4.57 Å². The van der Waals surface area contributed by atoms with Crippen LogP contribution in [-0.2, 0) is 17.9 Å². The molecule has 0 bridgehead atoms. The first-order chi connectivity index (χ1) is 9.10. The van der Waals surface area contributed by atoms with Crippen LogP contribution in [0.25, 0.3) is 0 Å². The summed E-state index contributed by atoms with van der Waals surface area (Å²) < 4.78 is 3.06. The van der Waals surface area contributed by atoms with Gasteiger partial charge in [-0.05, 0) is 19.1 Å². The van der Waals surface area contributed by atoms with E-state index in [1.807, 2.05) is 6.92 Å². The molecule has 0 saturated carbocycles. The number of amides is 1. The molecule has 2 aromatic heterocycles. The second-order valence-corrected chi connectivity index (χ2v) is 3.95. The molecule has 0 spiro atoms. The van der Waals surface area contributed by atoms with Gasteiger partial charge in [0.05, 0.1) is 11.9 Å². The van der Waals surface area contributed by atoms with Gasteiger partial charge in [0.2, 0.25) is 0 Å². The quantitative estimate of drug-likeness (QED) is 0.842. The number of carboxylic acids is 1. The standard InChI is InChI=1S/C12H14N4O3/c1-2-16-7-9(6-13-16)14-12(19)10-4-3-5-15(10)8-11(17)18/h3-7H,2,8H2,1H3,(H,14,19)(H,17,18). The summed E-state index contributed by atoms with van der Waals surface area (Å²) in [6, 6.07) is 3.20. The van der Waals surface area contributed by atoms with Crippen molar-refractivity contribution < 1.29 is 14.7 Å². The molecule has 100 valence electrons. The molecular formula is C12H14N4O3. The van der Waals surface area contributed by atoms with E-state index in [0.717, 1.165) is 0 Å². The van der Waals surface area contributed by atoms with E-state index in [9.17, 15) is 9.59 Å². The van der Waals surface area contributed by atoms with Gasteiger partial charge in [0, 0.05) is 18.9 Å². The van der Waals surface area contributed by atoms with Crippen LogP contribution in [0.5, 0.6) is 0 Å². The Hall–Kier alpha value is -2.57. The highest BCUT2D eigenvalue weighted by atomic mass is 16.4. The maximum Gasteiger partial charge on any atom is 0.323 e. The summed E-state index contributed by atoms with van der Waals surface area (Å²) in [6.45, 7) is 2.41. The molecule has 0 unspecified atom stereocenters. The van der Waals surface area contributed by atoms with Crippen molar-refractivity contribution in [1.29, 1.82) is 0 Å². The van der Waals surface area contributed by atoms with Gasteiger partial charge in [-0.2, -0.15) is 5.10 Å². The highest BCUT2D eigenvalue weighted by Gasteiger charge is 2.13. The Morgan fingerprint density at radius 3 is 2.89 bits per heavy atom. The SMILES string of the molecule is CCn1cc(NC(=O)c2cccn2CC(=O)O)cn1. The maximum absolute atomic E-state index is 12.0. The third-order valence-corrected chi connectivity index (χ3v) is 2.58. The van der Waals surface area contributed by atoms with E-state index >= 15 is 0 Å². The van der Waals surface area contributed by atoms with Crippen LogP contribution in [0.15, 0.2) is 30.7 Å². The predicted molar refractivity (Wildman–Crippen MR) is 67.9 cm³/mol. The normalized spacial score (nSPS) is 10.4. The number of aryl methyl sites for hydroxylation is 1. The largest absolute Gasteiger partial charge is 0.480 e. The minimum atomic E-state index is -0.996. The zero-order valence-corrected chi connectivity index (χ0v) is 10.4. The minimum absolute atomic E-state index is 0.246. The Kier molecular flexibility index (Phi) is 3.65. The van der Waals surface area contributed by atoms with Gasteiger partial charge >= 0.3 is 5.97 Å². The highest BCUT2D eigenvalue weighted by molar-refractivity contribution is 6.03. The minimum Gasteiger partial charge on any atom is -0.480 e. The van der Waals surface area contributed by atoms with Crippen LogP contribution in [-0.4, -0.2) is 31.3 Å². The summed E-state index contributed by atoms with van der Waals surface area (Å²) >= 11 is 0. The Morgan fingerprint density at radius 2 is 2.26 bits per heavy atom. The second-order valence-electron chi connectivity index (χ2n) is 3.95. The zero-order chi connectivity index (χ0) is 13.8. The molecule has 0 aliphatic carbocycles. The van der Waals surface area contributed by atoms with Crippen LogP contribution < -0.4 is 5.32 Å². The van der Waals surface area contributed by atoms with Crippen LogP contribution in [0.2, 0.25) is 0 Å². The number of hydrogen-bond acceptors (Lipinski definition) is 3. The molecule has 0 aromatic carbocycles. The lowest BCUT2D eigenvalue weighted by Crippen LogP contribution is -2.19. The number of carbonyl (C=O) groups excluding carboxylic acids is 1. The number of hydrogen-bond donors (Lipinski definition) is 2. The van der Waals surface area contributed by atoms with Crippen LogP contribution in [0.3, 0.4) is 0 Å². The fourth-order valence-electron chi connectivity index (χ4n) is 1.70. The molecule has 1 amide bonds. The molecule has 0 atom stereocenters. The van der Waals surface area contributed by atoms with E-state index in [0.29, 0.717) is 17.9 Å². The Bertz CT molecular complexity index is 600. The Morgan fingerprint density at radius 1 is 1.47 bits per heavy atom. The molecule has 0 aliphatic rings. The first-order valence-electron chi connectivity index (χ1n) is 5.81. The lowest BCUT2D eigenvalue weighted by atomic mass is 10.4. The fourth-order valence-corrected chi connectivity index (χ4v) is 1.70. The van der Waals surface area contributed by atoms with E-state index in [1.54, 1.807) is 35.4 Å². The van der Waals surface area contributed by atoms with Gasteiger partial charge in [-0.15, -0.1) is 0 Å². The van der Waals surface area contributed by atoms with Gasteiger partial charge in [-0.1, -0.05) is 0 Å². The summed E-state index contributed by atoms with van der Waals surface area (Å²) in [6.07, 6.45) is 4.81. The molecule has 7 heteroatoms. The molecule has 2 N–H and O–H groups in total. The lowest BCUT2D eigenvalue weighted by Gasteiger charge is -2.06. The van der Waals surface area contributed by atoms with Crippen molar-refractivity contribution in [2.24, 2.45) is 0 Å². The Balaban J connectivity index is 2.11. The first kappa shape index (κ1) is 12.9. The maximum atomic E-state index is 12.0. The van der Waals surface area contributed by atoms with Crippen molar-refractivity contribution in [2.75, 3.05) is 5.32 Å². The number of carboxylic acid groups (broad SMARTS) is 1. The van der Waals surface area contributed by atoms with Crippen LogP contribution in [0, 0.1) is 0 Å². The van der Waals surface area contributed by atoms with Crippen molar-refractivity contribution in [3.63, 3.8) is 0 Å². The number of aromatic nitrogens is 3. The third-order valence-electron chi connectivity index (χ3n) is 2.58. The van der Waals surface area contributed by atoms with Crippen molar-refractivity contribution in [2.45, 2.75) is 20.0 Å². The van der Waals surface area contributed by atoms with Gasteiger partial charge < -0.3 is 15.0 Å². The monoisotopic (exact) mass is 262 g/mol. The fraction of sp³-hybridized carbons (Fsp3) is 0.250. The number of nitrogens with zero attached hydrogens (tertiary/aromatic N) is 3. The average molecular weight is 262 g/mol. The summed E-state index contributed by atoms with van der Waals surface area (Å²) in [5.74, 6) is -1.36. The molecule has 2 rings (SSSR count). The van der Waals surface area contributed by atoms with Crippen molar-refractivity contribution in [3.8, 4) is 0 Å². The molecule has 2 aromatic rings. The molecule has 2 heterocycles. The number of aliphatic carboxylic acids is 1. The Labute approximate surface area is 109 Å². The van der Waals surface area contributed by atoms with Gasteiger partial charge in [0.15, 0.2) is 0 Å². The van der Waals surface area contributed by atoms with Gasteiger partial charge in [-0.3, -0.25) is 14.3 Å². The highest BCUT2D eigenvalue weighted by Crippen LogP contribution is 2.09. The third kappa shape index (κ3) is 3.01. The average Bonchev–Trinajstić information content (AvgIpc) is 2.97. The number of rotatable bonds is 5. The van der Waals surface area contributed by atoms with Crippen LogP contribution >= 0.6 is 0 Å². The number of anilines is 1. The molecule has 0 fully saturated rings. The van der Waals surface area contributed by atoms with Crippen LogP contribution in [0.4, 0.5) is 5.69 Å². The summed E-state index contributed by atoms with van der Waals surface area (Å²) in [7, 11) is 0. The van der Waals surface area contributed by atoms with E-state index in [2.05, 4.69) is 10.4 Å². The summed E-state index contributed by atoms with van der Waals surface area (Å²) in [5.41, 5.74) is 0.876. The summed E-state index contributed by atoms with van der Waals surface area (Å²) in [5, 5.41) is 15.5.